The van der Waals surface area contributed by atoms with Crippen molar-refractivity contribution < 1.29 is 28.0 Å². The SMILES string of the molecule is CCCCCCCCCC/C=C\CCCCCCCCC(O)C(=O)NC(CS(=O)(=O)O)C(O)/C=C/CCCCCCCCCC. The molecule has 0 heterocycles. The monoisotopic (exact) mass is 658 g/mol. The molecule has 45 heavy (non-hydrogen) atoms. The third-order valence-corrected chi connectivity index (χ3v) is 9.26. The fraction of sp³-hybridized carbons (Fsp3) is 0.865. The number of amides is 1. The largest absolute Gasteiger partial charge is 0.387 e. The molecule has 0 radical (unpaired) electrons. The summed E-state index contributed by atoms with van der Waals surface area (Å²) in [6.45, 7) is 4.46. The lowest BCUT2D eigenvalue weighted by molar-refractivity contribution is -0.130. The molecule has 3 unspecified atom stereocenters. The second-order valence-corrected chi connectivity index (χ2v) is 14.5. The summed E-state index contributed by atoms with van der Waals surface area (Å²) in [5.74, 6) is -1.54. The highest BCUT2D eigenvalue weighted by atomic mass is 32.2. The number of carbonyl (C=O) groups is 1. The quantitative estimate of drug-likeness (QED) is 0.0317. The second-order valence-electron chi connectivity index (χ2n) is 13.0. The van der Waals surface area contributed by atoms with Gasteiger partial charge in [0.1, 0.15) is 6.10 Å². The van der Waals surface area contributed by atoms with E-state index in [-0.39, 0.29) is 6.42 Å². The smallest absolute Gasteiger partial charge is 0.267 e. The van der Waals surface area contributed by atoms with Crippen LogP contribution in [0.5, 0.6) is 0 Å². The van der Waals surface area contributed by atoms with Crippen LogP contribution in [-0.2, 0) is 14.9 Å². The van der Waals surface area contributed by atoms with Crippen molar-refractivity contribution in [1.29, 1.82) is 0 Å². The summed E-state index contributed by atoms with van der Waals surface area (Å²) < 4.78 is 32.3. The summed E-state index contributed by atoms with van der Waals surface area (Å²) in [5.41, 5.74) is 0. The third kappa shape index (κ3) is 31.2. The fourth-order valence-electron chi connectivity index (χ4n) is 5.57. The fourth-order valence-corrected chi connectivity index (χ4v) is 6.30. The van der Waals surface area contributed by atoms with Gasteiger partial charge in [0.25, 0.3) is 10.1 Å². The molecule has 3 atom stereocenters. The van der Waals surface area contributed by atoms with Gasteiger partial charge in [-0.1, -0.05) is 160 Å². The molecular formula is C37H71NO6S. The maximum Gasteiger partial charge on any atom is 0.267 e. The molecule has 0 rings (SSSR count). The lowest BCUT2D eigenvalue weighted by Crippen LogP contribution is -2.50. The molecular weight excluding hydrogens is 586 g/mol. The Bertz CT molecular complexity index is 829. The number of rotatable bonds is 33. The van der Waals surface area contributed by atoms with E-state index in [0.29, 0.717) is 6.42 Å². The summed E-state index contributed by atoms with van der Waals surface area (Å²) in [7, 11) is -4.43. The van der Waals surface area contributed by atoms with Crippen molar-refractivity contribution in [2.75, 3.05) is 5.75 Å². The molecule has 1 amide bonds. The molecule has 0 aromatic heterocycles. The number of allylic oxidation sites excluding steroid dienone is 3. The molecule has 0 spiro atoms. The van der Waals surface area contributed by atoms with Crippen LogP contribution in [0.25, 0.3) is 0 Å². The molecule has 0 aromatic rings. The van der Waals surface area contributed by atoms with Gasteiger partial charge in [-0.25, -0.2) is 0 Å². The van der Waals surface area contributed by atoms with E-state index in [1.807, 2.05) is 0 Å². The normalized spacial score (nSPS) is 14.3. The highest BCUT2D eigenvalue weighted by Crippen LogP contribution is 2.13. The van der Waals surface area contributed by atoms with Crippen LogP contribution in [0.2, 0.25) is 0 Å². The van der Waals surface area contributed by atoms with Gasteiger partial charge in [-0.3, -0.25) is 9.35 Å². The van der Waals surface area contributed by atoms with E-state index < -0.39 is 40.0 Å². The summed E-state index contributed by atoms with van der Waals surface area (Å²) in [6, 6.07) is -1.23. The van der Waals surface area contributed by atoms with Crippen LogP contribution < -0.4 is 5.32 Å². The topological polar surface area (TPSA) is 124 Å². The Hall–Kier alpha value is -1.22. The number of aliphatic hydroxyl groups is 2. The van der Waals surface area contributed by atoms with E-state index in [1.54, 1.807) is 6.08 Å². The molecule has 0 aliphatic rings. The first-order valence-electron chi connectivity index (χ1n) is 18.6. The Kier molecular flexibility index (Phi) is 30.5. The van der Waals surface area contributed by atoms with E-state index >= 15 is 0 Å². The van der Waals surface area contributed by atoms with Gasteiger partial charge >= 0.3 is 0 Å². The molecule has 8 heteroatoms. The average Bonchev–Trinajstić information content (AvgIpc) is 3.00. The van der Waals surface area contributed by atoms with Crippen molar-refractivity contribution in [2.45, 2.75) is 199 Å². The van der Waals surface area contributed by atoms with Gasteiger partial charge < -0.3 is 15.5 Å². The maximum absolute atomic E-state index is 12.5. The minimum Gasteiger partial charge on any atom is -0.387 e. The van der Waals surface area contributed by atoms with E-state index in [0.717, 1.165) is 44.9 Å². The van der Waals surface area contributed by atoms with Gasteiger partial charge in [0.15, 0.2) is 0 Å². The van der Waals surface area contributed by atoms with Gasteiger partial charge in [0.05, 0.1) is 17.9 Å². The van der Waals surface area contributed by atoms with Gasteiger partial charge in [-0.2, -0.15) is 8.42 Å². The van der Waals surface area contributed by atoms with Gasteiger partial charge in [-0.15, -0.1) is 0 Å². The molecule has 7 nitrogen and oxygen atoms in total. The van der Waals surface area contributed by atoms with Crippen LogP contribution in [0, 0.1) is 0 Å². The second kappa shape index (κ2) is 31.4. The number of nitrogens with one attached hydrogen (secondary N) is 1. The molecule has 4 N–H and O–H groups in total. The maximum atomic E-state index is 12.5. The predicted octanol–water partition coefficient (Wildman–Crippen LogP) is 9.38. The molecule has 266 valence electrons. The van der Waals surface area contributed by atoms with E-state index in [4.69, 9.17) is 0 Å². The van der Waals surface area contributed by atoms with Crippen molar-refractivity contribution in [3.63, 3.8) is 0 Å². The first-order valence-corrected chi connectivity index (χ1v) is 20.3. The molecule has 0 fully saturated rings. The number of hydrogen-bond donors (Lipinski definition) is 4. The number of aliphatic hydroxyl groups excluding tert-OH is 2. The van der Waals surface area contributed by atoms with Gasteiger partial charge in [0, 0.05) is 0 Å². The van der Waals surface area contributed by atoms with Crippen molar-refractivity contribution in [3.8, 4) is 0 Å². The van der Waals surface area contributed by atoms with Crippen molar-refractivity contribution >= 4 is 16.0 Å². The van der Waals surface area contributed by atoms with Crippen LogP contribution in [-0.4, -0.2) is 53.1 Å². The Morgan fingerprint density at radius 1 is 0.600 bits per heavy atom. The predicted molar refractivity (Wildman–Crippen MR) is 190 cm³/mol. The highest BCUT2D eigenvalue weighted by molar-refractivity contribution is 7.85. The minimum absolute atomic E-state index is 0.274. The van der Waals surface area contributed by atoms with Crippen LogP contribution in [0.15, 0.2) is 24.3 Å². The number of hydrogen-bond acceptors (Lipinski definition) is 5. The summed E-state index contributed by atoms with van der Waals surface area (Å²) in [6.07, 6.45) is 35.2. The molecule has 0 aliphatic carbocycles. The Labute approximate surface area is 277 Å². The standard InChI is InChI=1S/C37H71NO6S/c1-3-5-7-9-11-13-15-16-17-18-19-20-21-22-24-26-28-30-32-36(40)37(41)38-34(33-45(42,43)44)35(39)31-29-27-25-23-14-12-10-8-6-4-2/h18-19,29,31,34-36,39-40H,3-17,20-28,30,32-33H2,1-2H3,(H,38,41)(H,42,43,44)/b19-18-,31-29+. The first kappa shape index (κ1) is 43.8. The summed E-state index contributed by atoms with van der Waals surface area (Å²) >= 11 is 0. The molecule has 0 aromatic carbocycles. The zero-order valence-corrected chi connectivity index (χ0v) is 29.9. The molecule has 0 saturated heterocycles. The zero-order valence-electron chi connectivity index (χ0n) is 29.1. The van der Waals surface area contributed by atoms with E-state index in [2.05, 4.69) is 31.3 Å². The van der Waals surface area contributed by atoms with Gasteiger partial charge in [0.2, 0.25) is 5.91 Å². The lowest BCUT2D eigenvalue weighted by atomic mass is 10.0. The van der Waals surface area contributed by atoms with Crippen molar-refractivity contribution in [3.05, 3.63) is 24.3 Å². The van der Waals surface area contributed by atoms with Crippen LogP contribution in [0.3, 0.4) is 0 Å². The summed E-state index contributed by atoms with van der Waals surface area (Å²) in [4.78, 5) is 12.5. The summed E-state index contributed by atoms with van der Waals surface area (Å²) in [5, 5.41) is 23.2. The Morgan fingerprint density at radius 2 is 0.978 bits per heavy atom. The first-order chi connectivity index (χ1) is 21.7. The van der Waals surface area contributed by atoms with E-state index in [9.17, 15) is 28.0 Å². The average molecular weight is 658 g/mol. The third-order valence-electron chi connectivity index (χ3n) is 8.48. The number of carbonyl (C=O) groups excluding carboxylic acids is 1. The lowest BCUT2D eigenvalue weighted by Gasteiger charge is -2.22. The van der Waals surface area contributed by atoms with Crippen molar-refractivity contribution in [2.24, 2.45) is 0 Å². The highest BCUT2D eigenvalue weighted by Gasteiger charge is 2.27. The van der Waals surface area contributed by atoms with Gasteiger partial charge in [-0.05, 0) is 44.9 Å². The Balaban J connectivity index is 4.05. The van der Waals surface area contributed by atoms with Crippen LogP contribution in [0.1, 0.15) is 181 Å². The van der Waals surface area contributed by atoms with E-state index in [1.165, 1.54) is 115 Å². The van der Waals surface area contributed by atoms with Crippen LogP contribution >= 0.6 is 0 Å². The Morgan fingerprint density at radius 3 is 1.40 bits per heavy atom. The molecule has 0 aliphatic heterocycles. The number of unbranched alkanes of at least 4 members (excludes halogenated alkanes) is 22. The zero-order chi connectivity index (χ0) is 33.4. The molecule has 0 bridgehead atoms. The van der Waals surface area contributed by atoms with Crippen LogP contribution in [0.4, 0.5) is 0 Å². The minimum atomic E-state index is -4.43. The molecule has 0 saturated carbocycles. The van der Waals surface area contributed by atoms with Crippen molar-refractivity contribution in [1.82, 2.24) is 5.32 Å².